The summed E-state index contributed by atoms with van der Waals surface area (Å²) in [7, 11) is -1.94. The van der Waals surface area contributed by atoms with Gasteiger partial charge in [-0.2, -0.15) is 4.31 Å². The molecule has 0 bridgehead atoms. The molecule has 0 aliphatic carbocycles. The second kappa shape index (κ2) is 7.90. The van der Waals surface area contributed by atoms with Crippen molar-refractivity contribution in [3.63, 3.8) is 0 Å². The van der Waals surface area contributed by atoms with Crippen LogP contribution in [0.1, 0.15) is 36.7 Å². The Morgan fingerprint density at radius 2 is 1.83 bits per heavy atom. The summed E-state index contributed by atoms with van der Waals surface area (Å²) < 4.78 is 26.8. The van der Waals surface area contributed by atoms with Crippen LogP contribution in [-0.2, 0) is 10.0 Å². The summed E-state index contributed by atoms with van der Waals surface area (Å²) in [6.45, 7) is 8.29. The van der Waals surface area contributed by atoms with E-state index in [1.54, 1.807) is 40.0 Å². The van der Waals surface area contributed by atoms with E-state index in [1.165, 1.54) is 15.3 Å². The van der Waals surface area contributed by atoms with E-state index in [9.17, 15) is 13.2 Å². The maximum Gasteiger partial charge on any atom is 0.253 e. The molecule has 1 aromatic rings. The van der Waals surface area contributed by atoms with Gasteiger partial charge in [0.05, 0.1) is 4.90 Å². The van der Waals surface area contributed by atoms with Crippen molar-refractivity contribution < 1.29 is 13.2 Å². The molecule has 0 saturated heterocycles. The molecule has 1 rings (SSSR count). The van der Waals surface area contributed by atoms with Crippen LogP contribution >= 0.6 is 0 Å². The molecule has 1 atom stereocenters. The van der Waals surface area contributed by atoms with Crippen molar-refractivity contribution >= 4 is 15.9 Å². The summed E-state index contributed by atoms with van der Waals surface area (Å²) in [5.74, 6) is -0.237. The van der Waals surface area contributed by atoms with E-state index >= 15 is 0 Å². The Hall–Kier alpha value is -1.44. The number of nitrogens with two attached hydrogens (primary N) is 1. The van der Waals surface area contributed by atoms with Gasteiger partial charge in [0.2, 0.25) is 10.0 Å². The number of nitrogens with zero attached hydrogens (tertiary/aromatic N) is 2. The van der Waals surface area contributed by atoms with Gasteiger partial charge in [-0.05, 0) is 31.5 Å². The van der Waals surface area contributed by atoms with Crippen LogP contribution in [0.5, 0.6) is 0 Å². The minimum atomic E-state index is -3.60. The van der Waals surface area contributed by atoms with Crippen LogP contribution in [0.4, 0.5) is 0 Å². The first-order chi connectivity index (χ1) is 10.7. The third kappa shape index (κ3) is 4.10. The summed E-state index contributed by atoms with van der Waals surface area (Å²) >= 11 is 0. The van der Waals surface area contributed by atoms with Crippen LogP contribution in [0.25, 0.3) is 0 Å². The lowest BCUT2D eigenvalue weighted by atomic mass is 10.1. The van der Waals surface area contributed by atoms with E-state index in [1.807, 2.05) is 6.92 Å². The van der Waals surface area contributed by atoms with Crippen LogP contribution in [0.3, 0.4) is 0 Å². The largest absolute Gasteiger partial charge is 0.338 e. The Balaban J connectivity index is 3.31. The number of likely N-dealkylation sites (N-methyl/N-ethyl adjacent to an activating group) is 1. The van der Waals surface area contributed by atoms with Gasteiger partial charge in [0.1, 0.15) is 0 Å². The van der Waals surface area contributed by atoms with Crippen LogP contribution in [0, 0.1) is 6.92 Å². The van der Waals surface area contributed by atoms with Gasteiger partial charge < -0.3 is 10.6 Å². The van der Waals surface area contributed by atoms with Crippen molar-refractivity contribution in [3.05, 3.63) is 29.3 Å². The second-order valence-corrected chi connectivity index (χ2v) is 7.48. The zero-order chi connectivity index (χ0) is 17.8. The van der Waals surface area contributed by atoms with Gasteiger partial charge in [-0.25, -0.2) is 8.42 Å². The average Bonchev–Trinajstić information content (AvgIpc) is 2.53. The Kier molecular flexibility index (Phi) is 6.73. The average molecular weight is 341 g/mol. The highest BCUT2D eigenvalue weighted by Gasteiger charge is 2.25. The van der Waals surface area contributed by atoms with E-state index in [0.717, 1.165) is 0 Å². The van der Waals surface area contributed by atoms with E-state index in [4.69, 9.17) is 5.73 Å². The minimum Gasteiger partial charge on any atom is -0.338 e. The van der Waals surface area contributed by atoms with Crippen molar-refractivity contribution in [2.45, 2.75) is 38.6 Å². The third-order valence-electron chi connectivity index (χ3n) is 4.08. The zero-order valence-corrected chi connectivity index (χ0v) is 15.4. The third-order valence-corrected chi connectivity index (χ3v) is 6.27. The smallest absolute Gasteiger partial charge is 0.253 e. The molecule has 0 aromatic heterocycles. The van der Waals surface area contributed by atoms with E-state index in [-0.39, 0.29) is 16.8 Å². The molecule has 0 saturated carbocycles. The highest BCUT2D eigenvalue weighted by molar-refractivity contribution is 7.89. The number of carbonyl (C=O) groups is 1. The molecule has 0 spiro atoms. The van der Waals surface area contributed by atoms with Gasteiger partial charge >= 0.3 is 0 Å². The van der Waals surface area contributed by atoms with Crippen molar-refractivity contribution in [1.29, 1.82) is 0 Å². The van der Waals surface area contributed by atoms with Crippen LogP contribution in [0.15, 0.2) is 23.1 Å². The van der Waals surface area contributed by atoms with Gasteiger partial charge in [-0.1, -0.05) is 19.9 Å². The first kappa shape index (κ1) is 19.6. The van der Waals surface area contributed by atoms with Crippen molar-refractivity contribution in [2.75, 3.05) is 26.7 Å². The molecule has 0 aliphatic rings. The molecule has 1 amide bonds. The highest BCUT2D eigenvalue weighted by Crippen LogP contribution is 2.22. The van der Waals surface area contributed by atoms with Gasteiger partial charge in [0.15, 0.2) is 0 Å². The maximum atomic E-state index is 12.7. The Bertz CT molecular complexity index is 655. The normalized spacial score (nSPS) is 13.2. The molecule has 1 unspecified atom stereocenters. The summed E-state index contributed by atoms with van der Waals surface area (Å²) in [6.07, 6.45) is 0. The fourth-order valence-electron chi connectivity index (χ4n) is 2.28. The van der Waals surface area contributed by atoms with Crippen molar-refractivity contribution in [3.8, 4) is 0 Å². The standard InChI is InChI=1S/C16H27N3O3S/c1-6-19(7-2)23(21,22)15-10-14(9-8-12(15)3)16(20)18(5)13(4)11-17/h8-10,13H,6-7,11,17H2,1-5H3. The van der Waals surface area contributed by atoms with Gasteiger partial charge in [0.25, 0.3) is 5.91 Å². The topological polar surface area (TPSA) is 83.7 Å². The summed E-state index contributed by atoms with van der Waals surface area (Å²) in [6, 6.07) is 4.67. The van der Waals surface area contributed by atoms with Gasteiger partial charge in [-0.15, -0.1) is 0 Å². The summed E-state index contributed by atoms with van der Waals surface area (Å²) in [4.78, 5) is 14.2. The fourth-order valence-corrected chi connectivity index (χ4v) is 3.98. The van der Waals surface area contributed by atoms with E-state index in [0.29, 0.717) is 30.8 Å². The van der Waals surface area contributed by atoms with Gasteiger partial charge in [-0.3, -0.25) is 4.79 Å². The molecule has 0 fully saturated rings. The molecule has 0 radical (unpaired) electrons. The molecule has 0 heterocycles. The highest BCUT2D eigenvalue weighted by atomic mass is 32.2. The molecular formula is C16H27N3O3S. The molecule has 7 heteroatoms. The predicted molar refractivity (Wildman–Crippen MR) is 91.9 cm³/mol. The SMILES string of the molecule is CCN(CC)S(=O)(=O)c1cc(C(=O)N(C)C(C)CN)ccc1C. The molecule has 1 aromatic carbocycles. The van der Waals surface area contributed by atoms with Crippen LogP contribution in [-0.4, -0.2) is 56.3 Å². The second-order valence-electron chi connectivity index (χ2n) is 5.57. The number of rotatable bonds is 7. The Morgan fingerprint density at radius 1 is 1.26 bits per heavy atom. The number of amides is 1. The maximum absolute atomic E-state index is 12.7. The number of aryl methyl sites for hydroxylation is 1. The van der Waals surface area contributed by atoms with Crippen molar-refractivity contribution in [2.24, 2.45) is 5.73 Å². The van der Waals surface area contributed by atoms with Crippen molar-refractivity contribution in [1.82, 2.24) is 9.21 Å². The van der Waals surface area contributed by atoms with E-state index < -0.39 is 10.0 Å². The number of sulfonamides is 1. The summed E-state index contributed by atoms with van der Waals surface area (Å²) in [5, 5.41) is 0. The monoisotopic (exact) mass is 341 g/mol. The van der Waals surface area contributed by atoms with Gasteiger partial charge in [0, 0.05) is 38.3 Å². The minimum absolute atomic E-state index is 0.119. The lowest BCUT2D eigenvalue weighted by Gasteiger charge is -2.24. The van der Waals surface area contributed by atoms with E-state index in [2.05, 4.69) is 0 Å². The molecule has 6 nitrogen and oxygen atoms in total. The fraction of sp³-hybridized carbons (Fsp3) is 0.562. The molecule has 0 aliphatic heterocycles. The number of hydrogen-bond acceptors (Lipinski definition) is 4. The Morgan fingerprint density at radius 3 is 2.30 bits per heavy atom. The lowest BCUT2D eigenvalue weighted by Crippen LogP contribution is -2.39. The van der Waals surface area contributed by atoms with Crippen LogP contribution in [0.2, 0.25) is 0 Å². The number of carbonyl (C=O) groups excluding carboxylic acids is 1. The molecule has 23 heavy (non-hydrogen) atoms. The molecular weight excluding hydrogens is 314 g/mol. The zero-order valence-electron chi connectivity index (χ0n) is 14.5. The van der Waals surface area contributed by atoms with Crippen LogP contribution < -0.4 is 5.73 Å². The lowest BCUT2D eigenvalue weighted by molar-refractivity contribution is 0.0748. The Labute approximate surface area is 139 Å². The summed E-state index contributed by atoms with van der Waals surface area (Å²) in [5.41, 5.74) is 6.57. The first-order valence-corrected chi connectivity index (χ1v) is 9.22. The quantitative estimate of drug-likeness (QED) is 0.813. The number of hydrogen-bond donors (Lipinski definition) is 1. The molecule has 2 N–H and O–H groups in total. The molecule has 130 valence electrons. The number of benzene rings is 1. The first-order valence-electron chi connectivity index (χ1n) is 7.78. The predicted octanol–water partition coefficient (Wildman–Crippen LogP) is 1.44.